The molecule has 3 aromatic rings. The molecular formula is C28H31ClF2N6O3. The summed E-state index contributed by atoms with van der Waals surface area (Å²) in [5, 5.41) is 15.3. The van der Waals surface area contributed by atoms with E-state index in [9.17, 15) is 18.9 Å². The van der Waals surface area contributed by atoms with Gasteiger partial charge in [0.05, 0.1) is 17.1 Å². The fraction of sp³-hybridized carbons (Fsp3) is 0.429. The Kier molecular flexibility index (Phi) is 8.43. The molecular weight excluding hydrogens is 542 g/mol. The highest BCUT2D eigenvalue weighted by molar-refractivity contribution is 6.28. The molecule has 0 spiro atoms. The van der Waals surface area contributed by atoms with Gasteiger partial charge in [0, 0.05) is 38.3 Å². The minimum atomic E-state index is -0.479. The molecule has 2 aliphatic rings. The summed E-state index contributed by atoms with van der Waals surface area (Å²) in [4.78, 5) is 24.4. The van der Waals surface area contributed by atoms with Gasteiger partial charge in [0.2, 0.25) is 16.9 Å². The molecule has 40 heavy (non-hydrogen) atoms. The lowest BCUT2D eigenvalue weighted by Gasteiger charge is -2.47. The zero-order valence-electron chi connectivity index (χ0n) is 22.3. The van der Waals surface area contributed by atoms with Crippen molar-refractivity contribution in [1.29, 1.82) is 0 Å². The Hall–Kier alpha value is -3.41. The van der Waals surface area contributed by atoms with E-state index in [-0.39, 0.29) is 58.5 Å². The lowest BCUT2D eigenvalue weighted by Crippen LogP contribution is -2.57. The van der Waals surface area contributed by atoms with E-state index >= 15 is 0 Å². The molecule has 0 radical (unpaired) electrons. The number of aromatic nitrogens is 2. The van der Waals surface area contributed by atoms with E-state index < -0.39 is 4.92 Å². The number of benzene rings is 2. The number of nitrogens with zero attached hydrogens (tertiary/aromatic N) is 5. The molecule has 0 saturated carbocycles. The molecule has 0 amide bonds. The molecule has 0 aliphatic carbocycles. The minimum absolute atomic E-state index is 0.0471. The normalized spacial score (nSPS) is 21.6. The highest BCUT2D eigenvalue weighted by atomic mass is 35.5. The largest absolute Gasteiger partial charge is 0.376 e. The summed E-state index contributed by atoms with van der Waals surface area (Å²) in [5.74, 6) is -0.471. The van der Waals surface area contributed by atoms with E-state index in [1.165, 1.54) is 24.3 Å². The summed E-state index contributed by atoms with van der Waals surface area (Å²) in [6.45, 7) is 5.93. The predicted octanol–water partition coefficient (Wildman–Crippen LogP) is 5.60. The molecule has 2 aliphatic heterocycles. The van der Waals surface area contributed by atoms with Crippen LogP contribution in [0.25, 0.3) is 0 Å². The van der Waals surface area contributed by atoms with Gasteiger partial charge in [-0.15, -0.1) is 0 Å². The van der Waals surface area contributed by atoms with Crippen LogP contribution in [0, 0.1) is 21.7 Å². The Morgan fingerprint density at radius 3 is 2.23 bits per heavy atom. The molecule has 5 rings (SSSR count). The summed E-state index contributed by atoms with van der Waals surface area (Å²) in [5.41, 5.74) is 1.48. The molecule has 2 aromatic carbocycles. The number of anilines is 2. The number of rotatable bonds is 8. The SMILES string of the molecule is C[C@@H]1CN(c2nc(Cl)nc(NC[C@H]3CCCO3)c2[N+](=O)[O-])[C@@H](C)CN1C(c1ccc(F)cc1)c1ccc(F)cc1. The van der Waals surface area contributed by atoms with Crippen LogP contribution in [0.4, 0.5) is 26.1 Å². The summed E-state index contributed by atoms with van der Waals surface area (Å²) in [6.07, 6.45) is 1.77. The van der Waals surface area contributed by atoms with Crippen LogP contribution in [0.1, 0.15) is 43.9 Å². The molecule has 3 atom stereocenters. The van der Waals surface area contributed by atoms with Crippen molar-refractivity contribution in [2.75, 3.05) is 36.5 Å². The lowest BCUT2D eigenvalue weighted by molar-refractivity contribution is -0.383. The standard InChI is InChI=1S/C28H31ClF2N6O3/c1-17-16-36(27-25(37(38)39)26(33-28(29)34-27)32-14-23-4-3-13-40-23)18(2)15-35(17)24(19-5-9-21(30)10-6-19)20-7-11-22(31)12-8-20/h5-12,17-18,23-24H,3-4,13-16H2,1-2H3,(H,32,33,34)/t17-,18+,23-/m1/s1. The van der Waals surface area contributed by atoms with E-state index in [0.717, 1.165) is 24.0 Å². The second-order valence-electron chi connectivity index (χ2n) is 10.3. The van der Waals surface area contributed by atoms with E-state index in [1.54, 1.807) is 24.3 Å². The minimum Gasteiger partial charge on any atom is -0.376 e. The topological polar surface area (TPSA) is 96.7 Å². The fourth-order valence-corrected chi connectivity index (χ4v) is 5.76. The number of halogens is 3. The number of hydrogen-bond donors (Lipinski definition) is 1. The van der Waals surface area contributed by atoms with Crippen LogP contribution < -0.4 is 10.2 Å². The molecule has 3 heterocycles. The third-order valence-electron chi connectivity index (χ3n) is 7.55. The molecule has 1 aromatic heterocycles. The Bertz CT molecular complexity index is 1300. The van der Waals surface area contributed by atoms with Gasteiger partial charge in [0.15, 0.2) is 0 Å². The Morgan fingerprint density at radius 1 is 1.05 bits per heavy atom. The first kappa shape index (κ1) is 28.1. The van der Waals surface area contributed by atoms with Crippen molar-refractivity contribution in [2.24, 2.45) is 0 Å². The van der Waals surface area contributed by atoms with Crippen LogP contribution in [0.5, 0.6) is 0 Å². The van der Waals surface area contributed by atoms with Gasteiger partial charge in [-0.2, -0.15) is 9.97 Å². The van der Waals surface area contributed by atoms with Crippen molar-refractivity contribution in [3.63, 3.8) is 0 Å². The van der Waals surface area contributed by atoms with Crippen LogP contribution in [0.15, 0.2) is 48.5 Å². The summed E-state index contributed by atoms with van der Waals surface area (Å²) in [7, 11) is 0. The lowest BCUT2D eigenvalue weighted by atomic mass is 9.93. The van der Waals surface area contributed by atoms with Gasteiger partial charge >= 0.3 is 5.69 Å². The number of ether oxygens (including phenoxy) is 1. The smallest absolute Gasteiger partial charge is 0.353 e. The molecule has 1 N–H and O–H groups in total. The van der Waals surface area contributed by atoms with Crippen LogP contribution in [0.2, 0.25) is 5.28 Å². The van der Waals surface area contributed by atoms with Gasteiger partial charge < -0.3 is 15.0 Å². The third-order valence-corrected chi connectivity index (χ3v) is 7.72. The molecule has 0 bridgehead atoms. The first-order chi connectivity index (χ1) is 19.2. The average Bonchev–Trinajstić information content (AvgIpc) is 3.44. The highest BCUT2D eigenvalue weighted by Crippen LogP contribution is 2.39. The molecule has 212 valence electrons. The number of hydrogen-bond acceptors (Lipinski definition) is 8. The predicted molar refractivity (Wildman–Crippen MR) is 149 cm³/mol. The van der Waals surface area contributed by atoms with Crippen molar-refractivity contribution >= 4 is 28.9 Å². The Balaban J connectivity index is 1.46. The quantitative estimate of drug-likeness (QED) is 0.212. The zero-order valence-corrected chi connectivity index (χ0v) is 23.0. The maximum atomic E-state index is 13.8. The summed E-state index contributed by atoms with van der Waals surface area (Å²) >= 11 is 6.28. The van der Waals surface area contributed by atoms with Crippen LogP contribution in [-0.2, 0) is 4.74 Å². The third kappa shape index (κ3) is 6.01. The average molecular weight is 573 g/mol. The van der Waals surface area contributed by atoms with E-state index in [4.69, 9.17) is 16.3 Å². The van der Waals surface area contributed by atoms with E-state index in [2.05, 4.69) is 20.2 Å². The van der Waals surface area contributed by atoms with Gasteiger partial charge in [-0.25, -0.2) is 8.78 Å². The second kappa shape index (κ2) is 12.0. The number of nitrogens with one attached hydrogen (secondary N) is 1. The van der Waals surface area contributed by atoms with Gasteiger partial charge in [-0.1, -0.05) is 24.3 Å². The molecule has 2 fully saturated rings. The van der Waals surface area contributed by atoms with E-state index in [1.807, 2.05) is 18.7 Å². The second-order valence-corrected chi connectivity index (χ2v) is 10.7. The monoisotopic (exact) mass is 572 g/mol. The van der Waals surface area contributed by atoms with Gasteiger partial charge in [0.25, 0.3) is 0 Å². The number of piperazine rings is 1. The van der Waals surface area contributed by atoms with Crippen LogP contribution >= 0.6 is 11.6 Å². The van der Waals surface area contributed by atoms with E-state index in [0.29, 0.717) is 26.2 Å². The fourth-order valence-electron chi connectivity index (χ4n) is 5.60. The first-order valence-corrected chi connectivity index (χ1v) is 13.7. The summed E-state index contributed by atoms with van der Waals surface area (Å²) < 4.78 is 33.2. The maximum Gasteiger partial charge on any atom is 0.353 e. The highest BCUT2D eigenvalue weighted by Gasteiger charge is 2.39. The van der Waals surface area contributed by atoms with Crippen molar-refractivity contribution in [3.8, 4) is 0 Å². The van der Waals surface area contributed by atoms with Gasteiger partial charge in [0.1, 0.15) is 11.6 Å². The maximum absolute atomic E-state index is 13.8. The Labute approximate surface area is 236 Å². The Morgan fingerprint density at radius 2 is 1.68 bits per heavy atom. The van der Waals surface area contributed by atoms with Gasteiger partial charge in [-0.05, 0) is 73.7 Å². The van der Waals surface area contributed by atoms with Crippen molar-refractivity contribution < 1.29 is 18.4 Å². The molecule has 9 nitrogen and oxygen atoms in total. The molecule has 12 heteroatoms. The van der Waals surface area contributed by atoms with Crippen molar-refractivity contribution in [2.45, 2.75) is 50.9 Å². The van der Waals surface area contributed by atoms with Crippen molar-refractivity contribution in [3.05, 3.63) is 86.7 Å². The van der Waals surface area contributed by atoms with Gasteiger partial charge in [-0.3, -0.25) is 15.0 Å². The zero-order chi connectivity index (χ0) is 28.4. The molecule has 0 unspecified atom stereocenters. The number of nitro groups is 1. The first-order valence-electron chi connectivity index (χ1n) is 13.3. The van der Waals surface area contributed by atoms with Crippen molar-refractivity contribution in [1.82, 2.24) is 14.9 Å². The van der Waals surface area contributed by atoms with Crippen LogP contribution in [0.3, 0.4) is 0 Å². The summed E-state index contributed by atoms with van der Waals surface area (Å²) in [6, 6.07) is 11.9. The van der Waals surface area contributed by atoms with Crippen LogP contribution in [-0.4, -0.2) is 64.2 Å². The molecule has 2 saturated heterocycles.